The molecule has 0 amide bonds. The molecule has 2 fully saturated rings. The minimum absolute atomic E-state index is 0.0138. The minimum Gasteiger partial charge on any atom is -0.396 e. The van der Waals surface area contributed by atoms with Crippen molar-refractivity contribution < 1.29 is 23.4 Å². The molecule has 2 unspecified atom stereocenters. The van der Waals surface area contributed by atoms with Crippen LogP contribution in [0.25, 0.3) is 0 Å². The van der Waals surface area contributed by atoms with Gasteiger partial charge in [-0.1, -0.05) is 135 Å². The number of Topliss-reactive ketones (excluding diaryl/α,β-unsaturated/α-hetero) is 1. The number of carbonyl (C=O) groups excluding carboxylic acids is 1. The number of ketones is 1. The Morgan fingerprint density at radius 1 is 0.897 bits per heavy atom. The van der Waals surface area contributed by atoms with Crippen molar-refractivity contribution in [3.8, 4) is 0 Å². The van der Waals surface area contributed by atoms with Crippen molar-refractivity contribution >= 4 is 47.7 Å². The molecule has 1 saturated heterocycles. The van der Waals surface area contributed by atoms with Crippen LogP contribution in [0.4, 0.5) is 0 Å². The highest BCUT2D eigenvalue weighted by atomic mass is 35.5. The quantitative estimate of drug-likeness (QED) is 0.262. The molecule has 1 saturated carbocycles. The van der Waals surface area contributed by atoms with Gasteiger partial charge in [-0.15, -0.1) is 0 Å². The molecule has 0 aromatic heterocycles. The van der Waals surface area contributed by atoms with E-state index in [1.807, 2.05) is 66.7 Å². The summed E-state index contributed by atoms with van der Waals surface area (Å²) in [6.45, 7) is 6.87. The standard InChI is InChI=1S/C31H34Cl2O5Si/c1-29(2,3)39(23-16-10-6-11-17-23,24-18-12-7-13-19-24)38-26-27(36-21-22-14-8-5-9-15-22)30(37-28(26)35-4)20-25(34)31(30,32)33/h5-19,26-28H,20-21H2,1-4H3/t26-,27?,28?,30+/m1/s1. The predicted octanol–water partition coefficient (Wildman–Crippen LogP) is 5.41. The van der Waals surface area contributed by atoms with Crippen molar-refractivity contribution in [2.75, 3.05) is 7.11 Å². The van der Waals surface area contributed by atoms with Crippen LogP contribution in [0.3, 0.4) is 0 Å². The maximum atomic E-state index is 12.6. The van der Waals surface area contributed by atoms with Gasteiger partial charge < -0.3 is 18.6 Å². The number of rotatable bonds is 8. The number of halogens is 2. The zero-order chi connectivity index (χ0) is 27.9. The zero-order valence-electron chi connectivity index (χ0n) is 22.6. The fourth-order valence-electron chi connectivity index (χ4n) is 5.92. The van der Waals surface area contributed by atoms with Crippen molar-refractivity contribution in [2.45, 2.75) is 67.3 Å². The Kier molecular flexibility index (Phi) is 7.85. The number of hydrogen-bond acceptors (Lipinski definition) is 5. The van der Waals surface area contributed by atoms with E-state index in [2.05, 4.69) is 45.0 Å². The molecular formula is C31H34Cl2O5Si. The molecule has 0 bridgehead atoms. The molecule has 1 aliphatic heterocycles. The van der Waals surface area contributed by atoms with Crippen LogP contribution in [0.2, 0.25) is 5.04 Å². The molecule has 2 aliphatic rings. The van der Waals surface area contributed by atoms with E-state index < -0.39 is 36.7 Å². The molecule has 3 aromatic carbocycles. The topological polar surface area (TPSA) is 54.0 Å². The summed E-state index contributed by atoms with van der Waals surface area (Å²) in [5, 5.41) is 1.91. The van der Waals surface area contributed by atoms with E-state index in [9.17, 15) is 4.79 Å². The van der Waals surface area contributed by atoms with E-state index in [1.165, 1.54) is 0 Å². The third kappa shape index (κ3) is 4.70. The minimum atomic E-state index is -3.05. The summed E-state index contributed by atoms with van der Waals surface area (Å²) in [4.78, 5) is 12.6. The molecule has 206 valence electrons. The number of benzene rings is 3. The Labute approximate surface area is 241 Å². The van der Waals surface area contributed by atoms with Gasteiger partial charge in [0.25, 0.3) is 8.32 Å². The maximum Gasteiger partial charge on any atom is 0.261 e. The lowest BCUT2D eigenvalue weighted by Gasteiger charge is -2.50. The first-order valence-corrected chi connectivity index (χ1v) is 15.8. The van der Waals surface area contributed by atoms with Crippen LogP contribution < -0.4 is 10.4 Å². The number of carbonyl (C=O) groups is 1. The van der Waals surface area contributed by atoms with Gasteiger partial charge in [0.1, 0.15) is 17.8 Å². The Morgan fingerprint density at radius 2 is 1.41 bits per heavy atom. The van der Waals surface area contributed by atoms with E-state index in [4.69, 9.17) is 41.8 Å². The smallest absolute Gasteiger partial charge is 0.261 e. The van der Waals surface area contributed by atoms with Crippen molar-refractivity contribution in [2.24, 2.45) is 0 Å². The number of alkyl halides is 2. The van der Waals surface area contributed by atoms with Gasteiger partial charge in [0.2, 0.25) is 4.33 Å². The lowest BCUT2D eigenvalue weighted by molar-refractivity contribution is -0.205. The van der Waals surface area contributed by atoms with Crippen molar-refractivity contribution in [3.63, 3.8) is 0 Å². The van der Waals surface area contributed by atoms with E-state index in [-0.39, 0.29) is 23.8 Å². The van der Waals surface area contributed by atoms with Gasteiger partial charge >= 0.3 is 0 Å². The predicted molar refractivity (Wildman–Crippen MR) is 156 cm³/mol. The SMILES string of the molecule is COC1O[C@@]2(CC(=O)C2(Cl)Cl)C(OCc2ccccc2)[C@H]1O[Si](c1ccccc1)(c1ccccc1)C(C)(C)C. The Balaban J connectivity index is 1.64. The van der Waals surface area contributed by atoms with Crippen LogP contribution in [0.5, 0.6) is 0 Å². The molecule has 1 spiro atoms. The lowest BCUT2D eigenvalue weighted by atomic mass is 9.73. The molecule has 8 heteroatoms. The van der Waals surface area contributed by atoms with E-state index >= 15 is 0 Å². The molecule has 1 aliphatic carbocycles. The highest BCUT2D eigenvalue weighted by Gasteiger charge is 2.76. The highest BCUT2D eigenvalue weighted by molar-refractivity contribution is 6.99. The van der Waals surface area contributed by atoms with Crippen molar-refractivity contribution in [1.29, 1.82) is 0 Å². The van der Waals surface area contributed by atoms with Gasteiger partial charge in [0.15, 0.2) is 12.1 Å². The van der Waals surface area contributed by atoms with Gasteiger partial charge in [-0.2, -0.15) is 0 Å². The molecule has 4 atom stereocenters. The van der Waals surface area contributed by atoms with Gasteiger partial charge in [0.05, 0.1) is 6.61 Å². The summed E-state index contributed by atoms with van der Waals surface area (Å²) >= 11 is 13.4. The summed E-state index contributed by atoms with van der Waals surface area (Å²) in [5.74, 6) is -0.305. The number of methoxy groups -OCH3 is 1. The molecule has 0 N–H and O–H groups in total. The Bertz CT molecular complexity index is 1240. The molecule has 39 heavy (non-hydrogen) atoms. The third-order valence-electron chi connectivity index (χ3n) is 7.89. The monoisotopic (exact) mass is 584 g/mol. The first kappa shape index (κ1) is 28.5. The van der Waals surface area contributed by atoms with Crippen LogP contribution >= 0.6 is 23.2 Å². The van der Waals surface area contributed by atoms with Crippen LogP contribution in [0.1, 0.15) is 32.8 Å². The molecule has 3 aromatic rings. The van der Waals surface area contributed by atoms with Crippen molar-refractivity contribution in [1.82, 2.24) is 0 Å². The average molecular weight is 586 g/mol. The molecule has 5 rings (SSSR count). The van der Waals surface area contributed by atoms with Crippen LogP contribution in [-0.4, -0.2) is 49.6 Å². The lowest BCUT2D eigenvalue weighted by Crippen LogP contribution is -2.72. The fraction of sp³-hybridized carbons (Fsp3) is 0.387. The fourth-order valence-corrected chi connectivity index (χ4v) is 11.1. The van der Waals surface area contributed by atoms with Gasteiger partial charge in [-0.3, -0.25) is 4.79 Å². The summed E-state index contributed by atoms with van der Waals surface area (Å²) < 4.78 is 24.5. The molecule has 1 heterocycles. The average Bonchev–Trinajstić information content (AvgIpc) is 3.25. The largest absolute Gasteiger partial charge is 0.396 e. The second-order valence-electron chi connectivity index (χ2n) is 11.2. The summed E-state index contributed by atoms with van der Waals surface area (Å²) in [7, 11) is -1.49. The van der Waals surface area contributed by atoms with E-state index in [0.717, 1.165) is 15.9 Å². The van der Waals surface area contributed by atoms with E-state index in [0.29, 0.717) is 0 Å². The third-order valence-corrected chi connectivity index (χ3v) is 14.0. The molecule has 5 nitrogen and oxygen atoms in total. The van der Waals surface area contributed by atoms with Crippen LogP contribution in [-0.2, 0) is 30.0 Å². The van der Waals surface area contributed by atoms with Crippen LogP contribution in [0.15, 0.2) is 91.0 Å². The van der Waals surface area contributed by atoms with Gasteiger partial charge in [0, 0.05) is 13.5 Å². The number of ether oxygens (including phenoxy) is 3. The van der Waals surface area contributed by atoms with E-state index in [1.54, 1.807) is 7.11 Å². The zero-order valence-corrected chi connectivity index (χ0v) is 25.1. The summed E-state index contributed by atoms with van der Waals surface area (Å²) in [6, 6.07) is 30.5. The summed E-state index contributed by atoms with van der Waals surface area (Å²) in [5.41, 5.74) is -0.336. The second-order valence-corrected chi connectivity index (χ2v) is 16.8. The number of hydrogen-bond donors (Lipinski definition) is 0. The summed E-state index contributed by atoms with van der Waals surface area (Å²) in [6.07, 6.45) is -2.32. The first-order chi connectivity index (χ1) is 18.6. The first-order valence-electron chi connectivity index (χ1n) is 13.1. The molecular weight excluding hydrogens is 551 g/mol. The Hall–Kier alpha value is -2.03. The van der Waals surface area contributed by atoms with Crippen molar-refractivity contribution in [3.05, 3.63) is 96.6 Å². The maximum absolute atomic E-state index is 12.6. The van der Waals surface area contributed by atoms with Gasteiger partial charge in [-0.25, -0.2) is 0 Å². The normalized spacial score (nSPS) is 26.5. The molecule has 0 radical (unpaired) electrons. The highest BCUT2D eigenvalue weighted by Crippen LogP contribution is 2.58. The Morgan fingerprint density at radius 3 is 1.85 bits per heavy atom. The second kappa shape index (κ2) is 10.7. The van der Waals surface area contributed by atoms with Gasteiger partial charge in [-0.05, 0) is 21.0 Å². The van der Waals surface area contributed by atoms with Crippen LogP contribution in [0, 0.1) is 0 Å².